The summed E-state index contributed by atoms with van der Waals surface area (Å²) in [7, 11) is 0. The summed E-state index contributed by atoms with van der Waals surface area (Å²) in [6.07, 6.45) is 8.87. The van der Waals surface area contributed by atoms with Gasteiger partial charge in [-0.25, -0.2) is 0 Å². The first kappa shape index (κ1) is 19.3. The van der Waals surface area contributed by atoms with Crippen molar-refractivity contribution in [3.63, 3.8) is 0 Å². The highest BCUT2D eigenvalue weighted by Gasteiger charge is 2.30. The summed E-state index contributed by atoms with van der Waals surface area (Å²) in [5.74, 6) is 1.85. The summed E-state index contributed by atoms with van der Waals surface area (Å²) < 4.78 is 6.04. The number of carbonyl (C=O) groups is 2. The van der Waals surface area contributed by atoms with Gasteiger partial charge in [-0.05, 0) is 56.7 Å². The summed E-state index contributed by atoms with van der Waals surface area (Å²) in [6.45, 7) is 4.02. The molecule has 1 aromatic rings. The lowest BCUT2D eigenvalue weighted by Crippen LogP contribution is -2.43. The van der Waals surface area contributed by atoms with E-state index in [4.69, 9.17) is 4.74 Å². The highest BCUT2D eigenvalue weighted by molar-refractivity contribution is 5.94. The molecule has 2 heterocycles. The molecule has 5 heteroatoms. The first-order chi connectivity index (χ1) is 13.7. The summed E-state index contributed by atoms with van der Waals surface area (Å²) in [6, 6.07) is 7.56. The summed E-state index contributed by atoms with van der Waals surface area (Å²) >= 11 is 0. The molecule has 3 fully saturated rings. The van der Waals surface area contributed by atoms with Crippen molar-refractivity contribution in [3.8, 4) is 5.75 Å². The molecular weight excluding hydrogens is 352 g/mol. The molecule has 1 saturated carbocycles. The van der Waals surface area contributed by atoms with Crippen molar-refractivity contribution < 1.29 is 14.3 Å². The molecule has 1 aromatic carbocycles. The number of benzene rings is 1. The third-order valence-corrected chi connectivity index (χ3v) is 6.50. The Hall–Kier alpha value is -2.04. The normalized spacial score (nSPS) is 23.2. The summed E-state index contributed by atoms with van der Waals surface area (Å²) in [5, 5.41) is 0. The molecule has 28 heavy (non-hydrogen) atoms. The molecule has 0 bridgehead atoms. The Labute approximate surface area is 168 Å². The lowest BCUT2D eigenvalue weighted by atomic mass is 9.96. The minimum atomic E-state index is 0.106. The molecule has 2 aliphatic heterocycles. The van der Waals surface area contributed by atoms with Crippen LogP contribution >= 0.6 is 0 Å². The van der Waals surface area contributed by atoms with Gasteiger partial charge in [0.05, 0.1) is 6.61 Å². The highest BCUT2D eigenvalue weighted by Crippen LogP contribution is 2.29. The first-order valence-electron chi connectivity index (χ1n) is 11.0. The second kappa shape index (κ2) is 8.97. The van der Waals surface area contributed by atoms with E-state index in [1.165, 1.54) is 12.8 Å². The van der Waals surface area contributed by atoms with Crippen molar-refractivity contribution in [2.45, 2.75) is 51.4 Å². The van der Waals surface area contributed by atoms with E-state index in [9.17, 15) is 9.59 Å². The number of piperidine rings is 1. The Morgan fingerprint density at radius 1 is 0.929 bits per heavy atom. The number of hydrogen-bond donors (Lipinski definition) is 0. The molecule has 3 aliphatic rings. The van der Waals surface area contributed by atoms with Crippen molar-refractivity contribution >= 4 is 11.8 Å². The molecule has 4 rings (SSSR count). The fourth-order valence-electron chi connectivity index (χ4n) is 4.87. The van der Waals surface area contributed by atoms with Gasteiger partial charge in [0.2, 0.25) is 5.91 Å². The van der Waals surface area contributed by atoms with Gasteiger partial charge in [-0.15, -0.1) is 0 Å². The highest BCUT2D eigenvalue weighted by atomic mass is 16.5. The molecule has 0 N–H and O–H groups in total. The van der Waals surface area contributed by atoms with Crippen LogP contribution in [0, 0.1) is 11.8 Å². The van der Waals surface area contributed by atoms with Crippen molar-refractivity contribution in [1.82, 2.24) is 9.80 Å². The van der Waals surface area contributed by atoms with Crippen LogP contribution in [0.1, 0.15) is 61.7 Å². The Morgan fingerprint density at radius 3 is 2.46 bits per heavy atom. The van der Waals surface area contributed by atoms with Crippen LogP contribution in [0.5, 0.6) is 5.75 Å². The zero-order chi connectivity index (χ0) is 19.3. The Kier molecular flexibility index (Phi) is 6.18. The number of likely N-dealkylation sites (tertiary alicyclic amines) is 2. The van der Waals surface area contributed by atoms with Gasteiger partial charge in [0.1, 0.15) is 5.75 Å². The molecule has 0 radical (unpaired) electrons. The first-order valence-corrected chi connectivity index (χ1v) is 11.0. The Morgan fingerprint density at radius 2 is 1.68 bits per heavy atom. The molecular formula is C23H32N2O3. The van der Waals surface area contributed by atoms with Gasteiger partial charge in [0.15, 0.2) is 0 Å². The molecule has 152 valence electrons. The van der Waals surface area contributed by atoms with Crippen LogP contribution in [-0.2, 0) is 4.79 Å². The second-order valence-corrected chi connectivity index (χ2v) is 8.61. The zero-order valence-corrected chi connectivity index (χ0v) is 16.8. The maximum absolute atomic E-state index is 12.7. The predicted octanol–water partition coefficient (Wildman–Crippen LogP) is 3.73. The van der Waals surface area contributed by atoms with Gasteiger partial charge in [-0.1, -0.05) is 18.9 Å². The van der Waals surface area contributed by atoms with E-state index in [0.29, 0.717) is 24.0 Å². The average molecular weight is 385 g/mol. The van der Waals surface area contributed by atoms with Crippen LogP contribution < -0.4 is 4.74 Å². The molecule has 5 nitrogen and oxygen atoms in total. The van der Waals surface area contributed by atoms with E-state index in [-0.39, 0.29) is 11.8 Å². The van der Waals surface area contributed by atoms with Gasteiger partial charge in [-0.3, -0.25) is 9.59 Å². The van der Waals surface area contributed by atoms with E-state index in [2.05, 4.69) is 4.90 Å². The number of rotatable bonds is 5. The molecule has 2 amide bonds. The largest absolute Gasteiger partial charge is 0.493 e. The van der Waals surface area contributed by atoms with Crippen molar-refractivity contribution in [2.75, 3.05) is 32.8 Å². The molecule has 1 aliphatic carbocycles. The van der Waals surface area contributed by atoms with Crippen molar-refractivity contribution in [3.05, 3.63) is 29.8 Å². The average Bonchev–Trinajstić information content (AvgIpc) is 3.46. The lowest BCUT2D eigenvalue weighted by Gasteiger charge is -2.34. The minimum absolute atomic E-state index is 0.106. The van der Waals surface area contributed by atoms with E-state index < -0.39 is 0 Å². The van der Waals surface area contributed by atoms with E-state index >= 15 is 0 Å². The van der Waals surface area contributed by atoms with Gasteiger partial charge >= 0.3 is 0 Å². The topological polar surface area (TPSA) is 49.9 Å². The third-order valence-electron chi connectivity index (χ3n) is 6.50. The Balaban J connectivity index is 1.30. The van der Waals surface area contributed by atoms with Crippen LogP contribution in [-0.4, -0.2) is 54.4 Å². The summed E-state index contributed by atoms with van der Waals surface area (Å²) in [5.41, 5.74) is 0.709. The number of nitrogens with zero attached hydrogens (tertiary/aromatic N) is 2. The number of carbonyl (C=O) groups excluding carboxylic acids is 2. The van der Waals surface area contributed by atoms with Crippen molar-refractivity contribution in [2.24, 2.45) is 11.8 Å². The molecule has 0 aromatic heterocycles. The van der Waals surface area contributed by atoms with Gasteiger partial charge in [0, 0.05) is 43.6 Å². The minimum Gasteiger partial charge on any atom is -0.493 e. The zero-order valence-electron chi connectivity index (χ0n) is 16.8. The van der Waals surface area contributed by atoms with Crippen LogP contribution in [0.25, 0.3) is 0 Å². The fourth-order valence-corrected chi connectivity index (χ4v) is 4.87. The second-order valence-electron chi connectivity index (χ2n) is 8.61. The standard InChI is InChI=1S/C23H32N2O3/c26-22(19-8-1-2-9-19)25-14-6-7-18(16-25)17-28-21-11-5-10-20(15-21)23(27)24-12-3-4-13-24/h5,10-11,15,18-19H,1-4,6-9,12-14,16-17H2/t18-/m1/s1. The smallest absolute Gasteiger partial charge is 0.253 e. The maximum Gasteiger partial charge on any atom is 0.253 e. The maximum atomic E-state index is 12.7. The number of hydrogen-bond acceptors (Lipinski definition) is 3. The number of amides is 2. The van der Waals surface area contributed by atoms with Crippen LogP contribution in [0.3, 0.4) is 0 Å². The predicted molar refractivity (Wildman–Crippen MR) is 108 cm³/mol. The summed E-state index contributed by atoms with van der Waals surface area (Å²) in [4.78, 5) is 29.3. The van der Waals surface area contributed by atoms with Crippen molar-refractivity contribution in [1.29, 1.82) is 0 Å². The van der Waals surface area contributed by atoms with E-state index in [1.807, 2.05) is 29.2 Å². The molecule has 1 atom stereocenters. The van der Waals surface area contributed by atoms with Gasteiger partial charge in [-0.2, -0.15) is 0 Å². The molecule has 0 spiro atoms. The third kappa shape index (κ3) is 4.50. The van der Waals surface area contributed by atoms with Gasteiger partial charge < -0.3 is 14.5 Å². The fraction of sp³-hybridized carbons (Fsp3) is 0.652. The quantitative estimate of drug-likeness (QED) is 0.777. The lowest BCUT2D eigenvalue weighted by molar-refractivity contribution is -0.137. The monoisotopic (exact) mass is 384 g/mol. The van der Waals surface area contributed by atoms with Gasteiger partial charge in [0.25, 0.3) is 5.91 Å². The SMILES string of the molecule is O=C(c1cccc(OC[C@@H]2CCCN(C(=O)C3CCCC3)C2)c1)N1CCCC1. The number of ether oxygens (including phenoxy) is 1. The molecule has 2 saturated heterocycles. The van der Waals surface area contributed by atoms with E-state index in [0.717, 1.165) is 70.5 Å². The van der Waals surface area contributed by atoms with Crippen LogP contribution in [0.4, 0.5) is 0 Å². The molecule has 0 unspecified atom stereocenters. The van der Waals surface area contributed by atoms with Crippen LogP contribution in [0.15, 0.2) is 24.3 Å². The van der Waals surface area contributed by atoms with Crippen LogP contribution in [0.2, 0.25) is 0 Å². The Bertz CT molecular complexity index is 693. The van der Waals surface area contributed by atoms with E-state index in [1.54, 1.807) is 0 Å².